The van der Waals surface area contributed by atoms with Crippen LogP contribution in [0.4, 0.5) is 5.82 Å². The van der Waals surface area contributed by atoms with Gasteiger partial charge in [-0.25, -0.2) is 0 Å². The summed E-state index contributed by atoms with van der Waals surface area (Å²) in [6.07, 6.45) is 2.27. The van der Waals surface area contributed by atoms with Crippen LogP contribution < -0.4 is 11.1 Å². The van der Waals surface area contributed by atoms with Crippen LogP contribution in [0.15, 0.2) is 12.1 Å². The molecule has 0 saturated carbocycles. The third-order valence-electron chi connectivity index (χ3n) is 2.25. The van der Waals surface area contributed by atoms with Gasteiger partial charge in [0.05, 0.1) is 6.10 Å². The van der Waals surface area contributed by atoms with E-state index in [0.29, 0.717) is 5.82 Å². The lowest BCUT2D eigenvalue weighted by Crippen LogP contribution is -2.14. The summed E-state index contributed by atoms with van der Waals surface area (Å²) in [7, 11) is 0. The number of rotatable bonds is 8. The predicted molar refractivity (Wildman–Crippen MR) is 69.4 cm³/mol. The van der Waals surface area contributed by atoms with Crippen LogP contribution in [-0.2, 0) is 4.74 Å². The molecular formula is C12H20N4O2. The van der Waals surface area contributed by atoms with Gasteiger partial charge in [0.1, 0.15) is 5.82 Å². The zero-order chi connectivity index (χ0) is 13.4. The van der Waals surface area contributed by atoms with Crippen molar-refractivity contribution < 1.29 is 9.53 Å². The minimum Gasteiger partial charge on any atom is -0.379 e. The fourth-order valence-corrected chi connectivity index (χ4v) is 1.32. The molecule has 100 valence electrons. The molecule has 0 unspecified atom stereocenters. The van der Waals surface area contributed by atoms with Crippen LogP contribution >= 0.6 is 0 Å². The molecule has 0 bridgehead atoms. The number of hydrogen-bond acceptors (Lipinski definition) is 5. The molecule has 0 aliphatic rings. The molecule has 0 radical (unpaired) electrons. The van der Waals surface area contributed by atoms with E-state index in [-0.39, 0.29) is 11.8 Å². The van der Waals surface area contributed by atoms with Crippen LogP contribution in [0.1, 0.15) is 37.2 Å². The van der Waals surface area contributed by atoms with Gasteiger partial charge in [-0.3, -0.25) is 4.79 Å². The number of ether oxygens (including phenoxy) is 1. The molecule has 0 fully saturated rings. The largest absolute Gasteiger partial charge is 0.379 e. The second-order valence-electron chi connectivity index (χ2n) is 4.22. The molecule has 3 N–H and O–H groups in total. The van der Waals surface area contributed by atoms with Crippen molar-refractivity contribution in [3.8, 4) is 0 Å². The van der Waals surface area contributed by atoms with Crippen molar-refractivity contribution >= 4 is 11.7 Å². The van der Waals surface area contributed by atoms with Crippen molar-refractivity contribution in [1.82, 2.24) is 10.2 Å². The van der Waals surface area contributed by atoms with Crippen molar-refractivity contribution in [3.63, 3.8) is 0 Å². The number of carbonyl (C=O) groups excluding carboxylic acids is 1. The first-order valence-corrected chi connectivity index (χ1v) is 6.08. The van der Waals surface area contributed by atoms with E-state index in [4.69, 9.17) is 10.5 Å². The number of carbonyl (C=O) groups is 1. The first-order chi connectivity index (χ1) is 8.59. The summed E-state index contributed by atoms with van der Waals surface area (Å²) in [6, 6.07) is 3.25. The maximum atomic E-state index is 10.8. The molecule has 1 amide bonds. The quantitative estimate of drug-likeness (QED) is 0.678. The summed E-state index contributed by atoms with van der Waals surface area (Å²) in [5.41, 5.74) is 5.24. The van der Waals surface area contributed by atoms with Gasteiger partial charge < -0.3 is 15.8 Å². The maximum absolute atomic E-state index is 10.8. The zero-order valence-electron chi connectivity index (χ0n) is 10.8. The van der Waals surface area contributed by atoms with Crippen molar-refractivity contribution in [2.24, 2.45) is 5.73 Å². The molecule has 0 saturated heterocycles. The average molecular weight is 252 g/mol. The lowest BCUT2D eigenvalue weighted by atomic mass is 10.3. The highest BCUT2D eigenvalue weighted by atomic mass is 16.5. The van der Waals surface area contributed by atoms with Crippen LogP contribution in [-0.4, -0.2) is 35.4 Å². The molecule has 0 atom stereocenters. The van der Waals surface area contributed by atoms with Crippen LogP contribution in [0.2, 0.25) is 0 Å². The molecule has 1 aromatic rings. The Balaban J connectivity index is 2.17. The molecule has 1 aromatic heterocycles. The summed E-state index contributed by atoms with van der Waals surface area (Å²) in [5.74, 6) is 0.0738. The van der Waals surface area contributed by atoms with E-state index in [9.17, 15) is 4.79 Å². The van der Waals surface area contributed by atoms with Crippen molar-refractivity contribution in [2.45, 2.75) is 32.8 Å². The first kappa shape index (κ1) is 14.4. The normalized spacial score (nSPS) is 10.6. The number of primary amides is 1. The summed E-state index contributed by atoms with van der Waals surface area (Å²) in [4.78, 5) is 10.8. The predicted octanol–water partition coefficient (Wildman–Crippen LogP) is 1.19. The third-order valence-corrected chi connectivity index (χ3v) is 2.25. The van der Waals surface area contributed by atoms with Crippen LogP contribution in [0.3, 0.4) is 0 Å². The minimum atomic E-state index is -0.570. The molecule has 0 aliphatic carbocycles. The fraction of sp³-hybridized carbons (Fsp3) is 0.583. The highest BCUT2D eigenvalue weighted by Gasteiger charge is 2.02. The minimum absolute atomic E-state index is 0.172. The van der Waals surface area contributed by atoms with Gasteiger partial charge in [0.2, 0.25) is 0 Å². The Morgan fingerprint density at radius 3 is 2.72 bits per heavy atom. The third kappa shape index (κ3) is 5.58. The van der Waals surface area contributed by atoms with Gasteiger partial charge in [0.15, 0.2) is 5.69 Å². The number of nitrogens with two attached hydrogens (primary N) is 1. The monoisotopic (exact) mass is 252 g/mol. The highest BCUT2D eigenvalue weighted by molar-refractivity contribution is 5.90. The van der Waals surface area contributed by atoms with Crippen molar-refractivity contribution in [2.75, 3.05) is 18.5 Å². The molecule has 0 aliphatic heterocycles. The smallest absolute Gasteiger partial charge is 0.269 e. The zero-order valence-corrected chi connectivity index (χ0v) is 10.8. The van der Waals surface area contributed by atoms with E-state index in [0.717, 1.165) is 26.0 Å². The van der Waals surface area contributed by atoms with Gasteiger partial charge in [-0.15, -0.1) is 10.2 Å². The molecule has 18 heavy (non-hydrogen) atoms. The number of unbranched alkanes of at least 4 members (excludes halogenated alkanes) is 1. The van der Waals surface area contributed by atoms with Crippen LogP contribution in [0.5, 0.6) is 0 Å². The van der Waals surface area contributed by atoms with Crippen molar-refractivity contribution in [3.05, 3.63) is 17.8 Å². The molecule has 1 heterocycles. The maximum Gasteiger partial charge on any atom is 0.269 e. The Labute approximate surface area is 107 Å². The number of hydrogen-bond donors (Lipinski definition) is 2. The summed E-state index contributed by atoms with van der Waals surface area (Å²) >= 11 is 0. The van der Waals surface area contributed by atoms with E-state index in [1.54, 1.807) is 12.1 Å². The number of amides is 1. The molecule has 0 spiro atoms. The first-order valence-electron chi connectivity index (χ1n) is 6.08. The number of aromatic nitrogens is 2. The molecule has 6 nitrogen and oxygen atoms in total. The van der Waals surface area contributed by atoms with E-state index < -0.39 is 5.91 Å². The fourth-order valence-electron chi connectivity index (χ4n) is 1.32. The van der Waals surface area contributed by atoms with Gasteiger partial charge in [-0.2, -0.15) is 0 Å². The molecular weight excluding hydrogens is 232 g/mol. The topological polar surface area (TPSA) is 90.1 Å². The Morgan fingerprint density at radius 1 is 1.39 bits per heavy atom. The van der Waals surface area contributed by atoms with E-state index in [1.807, 2.05) is 13.8 Å². The van der Waals surface area contributed by atoms with E-state index in [2.05, 4.69) is 15.5 Å². The average Bonchev–Trinajstić information content (AvgIpc) is 2.34. The van der Waals surface area contributed by atoms with Gasteiger partial charge >= 0.3 is 0 Å². The number of anilines is 1. The Bertz CT molecular complexity index is 365. The van der Waals surface area contributed by atoms with Gasteiger partial charge in [0.25, 0.3) is 5.91 Å². The Kier molecular flexibility index (Phi) is 6.07. The lowest BCUT2D eigenvalue weighted by molar-refractivity contribution is 0.0765. The number of nitrogens with zero attached hydrogens (tertiary/aromatic N) is 2. The lowest BCUT2D eigenvalue weighted by Gasteiger charge is -2.07. The Morgan fingerprint density at radius 2 is 2.17 bits per heavy atom. The summed E-state index contributed by atoms with van der Waals surface area (Å²) < 4.78 is 5.43. The molecule has 1 rings (SSSR count). The summed E-state index contributed by atoms with van der Waals surface area (Å²) in [6.45, 7) is 5.61. The van der Waals surface area contributed by atoms with Gasteiger partial charge in [-0.1, -0.05) is 0 Å². The number of nitrogens with one attached hydrogen (secondary N) is 1. The van der Waals surface area contributed by atoms with Gasteiger partial charge in [0, 0.05) is 13.2 Å². The van der Waals surface area contributed by atoms with Gasteiger partial charge in [-0.05, 0) is 38.8 Å². The standard InChI is InChI=1S/C12H20N4O2/c1-9(2)18-8-4-3-7-14-11-6-5-10(12(13)17)15-16-11/h5-6,9H,3-4,7-8H2,1-2H3,(H2,13,17)(H,14,16). The van der Waals surface area contributed by atoms with Crippen molar-refractivity contribution in [1.29, 1.82) is 0 Å². The molecule has 6 heteroatoms. The van der Waals surface area contributed by atoms with E-state index >= 15 is 0 Å². The Hall–Kier alpha value is -1.69. The second-order valence-corrected chi connectivity index (χ2v) is 4.22. The molecule has 0 aromatic carbocycles. The SMILES string of the molecule is CC(C)OCCCCNc1ccc(C(N)=O)nn1. The highest BCUT2D eigenvalue weighted by Crippen LogP contribution is 2.02. The van der Waals surface area contributed by atoms with Crippen LogP contribution in [0, 0.1) is 0 Å². The summed E-state index contributed by atoms with van der Waals surface area (Å²) in [5, 5.41) is 10.7. The second kappa shape index (κ2) is 7.60. The van der Waals surface area contributed by atoms with Crippen LogP contribution in [0.25, 0.3) is 0 Å². The van der Waals surface area contributed by atoms with E-state index in [1.165, 1.54) is 0 Å².